The highest BCUT2D eigenvalue weighted by Gasteiger charge is 2.21. The minimum absolute atomic E-state index is 0.103. The maximum absolute atomic E-state index is 11.9. The molecule has 8 heteroatoms. The Labute approximate surface area is 131 Å². The number of halogens is 1. The second-order valence-electron chi connectivity index (χ2n) is 4.07. The number of carbonyl (C=O) groups is 1. The molecule has 0 aromatic carbocycles. The van der Waals surface area contributed by atoms with Crippen LogP contribution in [0.3, 0.4) is 0 Å². The lowest BCUT2D eigenvalue weighted by Crippen LogP contribution is -2.08. The van der Waals surface area contributed by atoms with Crippen molar-refractivity contribution in [3.63, 3.8) is 0 Å². The average molecular weight is 369 g/mol. The summed E-state index contributed by atoms with van der Waals surface area (Å²) >= 11 is 4.61. The van der Waals surface area contributed by atoms with Gasteiger partial charge in [0.15, 0.2) is 10.8 Å². The van der Waals surface area contributed by atoms with E-state index in [2.05, 4.69) is 26.1 Å². The van der Waals surface area contributed by atoms with Gasteiger partial charge in [-0.15, -0.1) is 21.5 Å². The van der Waals surface area contributed by atoms with Crippen molar-refractivity contribution in [2.75, 3.05) is 0 Å². The molecule has 0 fully saturated rings. The first-order valence-corrected chi connectivity index (χ1v) is 7.64. The lowest BCUT2D eigenvalue weighted by Gasteiger charge is -2.07. The SMILES string of the molecule is C[C@H](OC(=O)c1ccc(Br)o1)c1nnc(-c2cccs2)o1. The van der Waals surface area contributed by atoms with Crippen LogP contribution in [0.4, 0.5) is 0 Å². The van der Waals surface area contributed by atoms with E-state index >= 15 is 0 Å². The normalized spacial score (nSPS) is 12.3. The monoisotopic (exact) mass is 368 g/mol. The fraction of sp³-hybridized carbons (Fsp3) is 0.154. The molecule has 0 saturated carbocycles. The highest BCUT2D eigenvalue weighted by molar-refractivity contribution is 9.10. The van der Waals surface area contributed by atoms with Crippen LogP contribution in [0.5, 0.6) is 0 Å². The van der Waals surface area contributed by atoms with Crippen molar-refractivity contribution >= 4 is 33.2 Å². The molecule has 0 bridgehead atoms. The molecule has 3 heterocycles. The lowest BCUT2D eigenvalue weighted by molar-refractivity contribution is 0.0243. The van der Waals surface area contributed by atoms with Gasteiger partial charge in [-0.3, -0.25) is 0 Å². The van der Waals surface area contributed by atoms with Gasteiger partial charge < -0.3 is 13.6 Å². The molecule has 0 radical (unpaired) electrons. The molecule has 3 aromatic heterocycles. The van der Waals surface area contributed by atoms with E-state index in [1.165, 1.54) is 17.4 Å². The van der Waals surface area contributed by atoms with E-state index in [1.54, 1.807) is 13.0 Å². The summed E-state index contributed by atoms with van der Waals surface area (Å²) in [5.41, 5.74) is 0. The van der Waals surface area contributed by atoms with Crippen LogP contribution < -0.4 is 0 Å². The van der Waals surface area contributed by atoms with E-state index in [0.717, 1.165) is 4.88 Å². The van der Waals surface area contributed by atoms with Crippen LogP contribution >= 0.6 is 27.3 Å². The first-order chi connectivity index (χ1) is 10.1. The quantitative estimate of drug-likeness (QED) is 0.645. The third-order valence-electron chi connectivity index (χ3n) is 2.58. The summed E-state index contributed by atoms with van der Waals surface area (Å²) in [4.78, 5) is 12.7. The third-order valence-corrected chi connectivity index (χ3v) is 3.86. The number of hydrogen-bond donors (Lipinski definition) is 0. The zero-order valence-corrected chi connectivity index (χ0v) is 13.2. The number of rotatable bonds is 4. The summed E-state index contributed by atoms with van der Waals surface area (Å²) in [7, 11) is 0. The number of ether oxygens (including phenoxy) is 1. The molecule has 3 aromatic rings. The molecule has 1 atom stereocenters. The Morgan fingerprint density at radius 2 is 2.19 bits per heavy atom. The summed E-state index contributed by atoms with van der Waals surface area (Å²) in [6.07, 6.45) is -0.664. The molecule has 0 saturated heterocycles. The molecule has 0 unspecified atom stereocenters. The van der Waals surface area contributed by atoms with Crippen LogP contribution in [-0.4, -0.2) is 16.2 Å². The summed E-state index contributed by atoms with van der Waals surface area (Å²) in [5.74, 6) is 0.150. The molecule has 108 valence electrons. The number of aromatic nitrogens is 2. The van der Waals surface area contributed by atoms with E-state index < -0.39 is 12.1 Å². The predicted molar refractivity (Wildman–Crippen MR) is 77.8 cm³/mol. The Hall–Kier alpha value is -1.93. The average Bonchev–Trinajstić information content (AvgIpc) is 3.19. The van der Waals surface area contributed by atoms with Crippen LogP contribution in [-0.2, 0) is 4.74 Å². The number of carbonyl (C=O) groups excluding carboxylic acids is 1. The molecular weight excluding hydrogens is 360 g/mol. The Morgan fingerprint density at radius 3 is 2.86 bits per heavy atom. The van der Waals surface area contributed by atoms with Gasteiger partial charge >= 0.3 is 5.97 Å². The number of esters is 1. The zero-order chi connectivity index (χ0) is 14.8. The van der Waals surface area contributed by atoms with Gasteiger partial charge in [0.1, 0.15) is 0 Å². The molecule has 3 rings (SSSR count). The number of thiophene rings is 1. The summed E-state index contributed by atoms with van der Waals surface area (Å²) in [6, 6.07) is 6.90. The smallest absolute Gasteiger partial charge is 0.375 e. The van der Waals surface area contributed by atoms with E-state index in [9.17, 15) is 4.79 Å². The van der Waals surface area contributed by atoms with Gasteiger partial charge in [-0.05, 0) is 46.4 Å². The molecule has 0 aliphatic heterocycles. The summed E-state index contributed by atoms with van der Waals surface area (Å²) < 4.78 is 16.3. The maximum Gasteiger partial charge on any atom is 0.375 e. The molecule has 0 aliphatic carbocycles. The van der Waals surface area contributed by atoms with E-state index in [1.807, 2.05) is 17.5 Å². The fourth-order valence-corrected chi connectivity index (χ4v) is 2.54. The van der Waals surface area contributed by atoms with Crippen molar-refractivity contribution in [1.82, 2.24) is 10.2 Å². The Balaban J connectivity index is 1.71. The molecule has 0 aliphatic rings. The Morgan fingerprint density at radius 1 is 1.33 bits per heavy atom. The van der Waals surface area contributed by atoms with Crippen molar-refractivity contribution in [3.05, 3.63) is 46.0 Å². The molecule has 0 spiro atoms. The van der Waals surface area contributed by atoms with Gasteiger partial charge in [-0.2, -0.15) is 0 Å². The number of nitrogens with zero attached hydrogens (tertiary/aromatic N) is 2. The summed E-state index contributed by atoms with van der Waals surface area (Å²) in [5, 5.41) is 9.75. The standard InChI is InChI=1S/C13H9BrN2O4S/c1-7(18-13(17)8-4-5-10(14)19-8)11-15-16-12(20-11)9-3-2-6-21-9/h2-7H,1H3/t7-/m0/s1. The second kappa shape index (κ2) is 5.82. The Kier molecular flexibility index (Phi) is 3.89. The highest BCUT2D eigenvalue weighted by Crippen LogP contribution is 2.26. The minimum Gasteiger partial charge on any atom is -0.447 e. The maximum atomic E-state index is 11.9. The van der Waals surface area contributed by atoms with Gasteiger partial charge in [0.05, 0.1) is 4.88 Å². The van der Waals surface area contributed by atoms with Crippen molar-refractivity contribution in [2.24, 2.45) is 0 Å². The van der Waals surface area contributed by atoms with Crippen molar-refractivity contribution in [2.45, 2.75) is 13.0 Å². The fourth-order valence-electron chi connectivity index (χ4n) is 1.59. The van der Waals surface area contributed by atoms with Gasteiger partial charge in [-0.1, -0.05) is 6.07 Å². The lowest BCUT2D eigenvalue weighted by atomic mass is 10.4. The van der Waals surface area contributed by atoms with Crippen molar-refractivity contribution < 1.29 is 18.4 Å². The topological polar surface area (TPSA) is 78.4 Å². The predicted octanol–water partition coefficient (Wildman–Crippen LogP) is 4.07. The molecule has 0 N–H and O–H groups in total. The first-order valence-electron chi connectivity index (χ1n) is 5.97. The van der Waals surface area contributed by atoms with Gasteiger partial charge in [-0.25, -0.2) is 4.79 Å². The largest absolute Gasteiger partial charge is 0.447 e. The molecule has 0 amide bonds. The Bertz CT molecular complexity index is 750. The van der Waals surface area contributed by atoms with Crippen LogP contribution in [0.15, 0.2) is 43.1 Å². The molecule has 21 heavy (non-hydrogen) atoms. The molecular formula is C13H9BrN2O4S. The highest BCUT2D eigenvalue weighted by atomic mass is 79.9. The van der Waals surface area contributed by atoms with Gasteiger partial charge in [0.2, 0.25) is 5.76 Å². The van der Waals surface area contributed by atoms with Crippen LogP contribution in [0.1, 0.15) is 29.5 Å². The van der Waals surface area contributed by atoms with E-state index in [4.69, 9.17) is 13.6 Å². The third kappa shape index (κ3) is 3.06. The van der Waals surface area contributed by atoms with Crippen molar-refractivity contribution in [3.8, 4) is 10.8 Å². The van der Waals surface area contributed by atoms with Crippen LogP contribution in [0.25, 0.3) is 10.8 Å². The van der Waals surface area contributed by atoms with Gasteiger partial charge in [0, 0.05) is 0 Å². The first kappa shape index (κ1) is 14.0. The van der Waals surface area contributed by atoms with Crippen LogP contribution in [0.2, 0.25) is 0 Å². The second-order valence-corrected chi connectivity index (χ2v) is 5.80. The van der Waals surface area contributed by atoms with Crippen molar-refractivity contribution in [1.29, 1.82) is 0 Å². The van der Waals surface area contributed by atoms with Crippen LogP contribution in [0, 0.1) is 0 Å². The van der Waals surface area contributed by atoms with E-state index in [0.29, 0.717) is 10.6 Å². The number of furan rings is 1. The van der Waals surface area contributed by atoms with Gasteiger partial charge in [0.25, 0.3) is 11.8 Å². The van der Waals surface area contributed by atoms with E-state index in [-0.39, 0.29) is 11.7 Å². The summed E-state index contributed by atoms with van der Waals surface area (Å²) in [6.45, 7) is 1.65. The zero-order valence-electron chi connectivity index (χ0n) is 10.8. The number of hydrogen-bond acceptors (Lipinski definition) is 7. The minimum atomic E-state index is -0.664. The molecule has 6 nitrogen and oxygen atoms in total.